The Kier molecular flexibility index (Phi) is 6.46. The zero-order chi connectivity index (χ0) is 20.8. The van der Waals surface area contributed by atoms with Crippen molar-refractivity contribution in [1.29, 1.82) is 0 Å². The van der Waals surface area contributed by atoms with Gasteiger partial charge in [-0.3, -0.25) is 4.79 Å². The third-order valence-electron chi connectivity index (χ3n) is 4.76. The molecule has 0 saturated carbocycles. The summed E-state index contributed by atoms with van der Waals surface area (Å²) in [7, 11) is 0. The van der Waals surface area contributed by atoms with Gasteiger partial charge in [-0.05, 0) is 22.3 Å². The molecule has 1 aliphatic rings. The zero-order valence-electron chi connectivity index (χ0n) is 15.6. The molecule has 3 rings (SSSR count). The fourth-order valence-electron chi connectivity index (χ4n) is 3.34. The van der Waals surface area contributed by atoms with E-state index in [0.29, 0.717) is 0 Å². The molecule has 4 N–H and O–H groups in total. The Balaban J connectivity index is 1.46. The molecule has 0 unspecified atom stereocenters. The van der Waals surface area contributed by atoms with E-state index in [9.17, 15) is 14.4 Å². The van der Waals surface area contributed by atoms with Crippen molar-refractivity contribution in [2.45, 2.75) is 18.4 Å². The van der Waals surface area contributed by atoms with Crippen LogP contribution in [-0.2, 0) is 14.3 Å². The summed E-state index contributed by atoms with van der Waals surface area (Å²) in [5.74, 6) is -1.92. The van der Waals surface area contributed by atoms with Crippen LogP contribution >= 0.6 is 0 Å². The molecule has 1 aliphatic carbocycles. The van der Waals surface area contributed by atoms with E-state index in [-0.39, 0.29) is 32.0 Å². The Bertz CT molecular complexity index is 868. The summed E-state index contributed by atoms with van der Waals surface area (Å²) in [6.07, 6.45) is -2.37. The summed E-state index contributed by atoms with van der Waals surface area (Å²) < 4.78 is 5.32. The van der Waals surface area contributed by atoms with E-state index in [2.05, 4.69) is 10.6 Å². The molecule has 2 aromatic rings. The number of ether oxygens (including phenoxy) is 1. The van der Waals surface area contributed by atoms with Crippen LogP contribution in [0.25, 0.3) is 11.1 Å². The molecule has 0 spiro atoms. The number of carboxylic acids is 1. The Hall–Kier alpha value is -3.39. The van der Waals surface area contributed by atoms with Gasteiger partial charge in [0.15, 0.2) is 6.10 Å². The molecule has 0 aromatic heterocycles. The summed E-state index contributed by atoms with van der Waals surface area (Å²) in [6.45, 7) is -0.176. The fraction of sp³-hybridized carbons (Fsp3) is 0.286. The molecule has 8 nitrogen and oxygen atoms in total. The van der Waals surface area contributed by atoms with Crippen LogP contribution in [0.4, 0.5) is 4.79 Å². The van der Waals surface area contributed by atoms with Crippen molar-refractivity contribution in [2.75, 3.05) is 19.7 Å². The predicted octanol–water partition coefficient (Wildman–Crippen LogP) is 1.48. The zero-order valence-corrected chi connectivity index (χ0v) is 15.6. The molecule has 0 aliphatic heterocycles. The van der Waals surface area contributed by atoms with E-state index < -0.39 is 24.1 Å². The quantitative estimate of drug-likeness (QED) is 0.534. The molecule has 152 valence electrons. The molecule has 0 saturated heterocycles. The molecule has 29 heavy (non-hydrogen) atoms. The van der Waals surface area contributed by atoms with Crippen molar-refractivity contribution >= 4 is 18.0 Å². The maximum absolute atomic E-state index is 12.0. The highest BCUT2D eigenvalue weighted by molar-refractivity contribution is 5.82. The lowest BCUT2D eigenvalue weighted by Gasteiger charge is -2.14. The van der Waals surface area contributed by atoms with Gasteiger partial charge < -0.3 is 25.6 Å². The van der Waals surface area contributed by atoms with Gasteiger partial charge in [-0.1, -0.05) is 48.5 Å². The van der Waals surface area contributed by atoms with Gasteiger partial charge in [0.2, 0.25) is 5.91 Å². The van der Waals surface area contributed by atoms with E-state index in [0.717, 1.165) is 22.3 Å². The molecule has 0 bridgehead atoms. The van der Waals surface area contributed by atoms with Gasteiger partial charge in [-0.2, -0.15) is 0 Å². The molecule has 1 atom stereocenters. The number of aliphatic carboxylic acids is 1. The number of amides is 2. The van der Waals surface area contributed by atoms with Gasteiger partial charge in [0.1, 0.15) is 6.61 Å². The minimum absolute atomic E-state index is 0.0152. The predicted molar refractivity (Wildman–Crippen MR) is 104 cm³/mol. The number of carbonyl (C=O) groups is 3. The largest absolute Gasteiger partial charge is 0.479 e. The van der Waals surface area contributed by atoms with Gasteiger partial charge in [0.25, 0.3) is 0 Å². The molecular formula is C21H22N2O6. The number of benzene rings is 2. The average molecular weight is 398 g/mol. The molecular weight excluding hydrogens is 376 g/mol. The first-order valence-corrected chi connectivity index (χ1v) is 9.23. The number of hydrogen-bond acceptors (Lipinski definition) is 5. The van der Waals surface area contributed by atoms with E-state index in [1.54, 1.807) is 0 Å². The van der Waals surface area contributed by atoms with Gasteiger partial charge in [-0.15, -0.1) is 0 Å². The third-order valence-corrected chi connectivity index (χ3v) is 4.76. The number of carbonyl (C=O) groups excluding carboxylic acids is 2. The van der Waals surface area contributed by atoms with Crippen molar-refractivity contribution in [2.24, 2.45) is 0 Å². The van der Waals surface area contributed by atoms with Crippen LogP contribution in [0, 0.1) is 0 Å². The van der Waals surface area contributed by atoms with Gasteiger partial charge in [0.05, 0.1) is 6.54 Å². The minimum atomic E-state index is -1.54. The average Bonchev–Trinajstić information content (AvgIpc) is 3.04. The number of hydrogen-bond donors (Lipinski definition) is 4. The highest BCUT2D eigenvalue weighted by Gasteiger charge is 2.29. The number of nitrogens with one attached hydrogen (secondary N) is 2. The van der Waals surface area contributed by atoms with E-state index >= 15 is 0 Å². The van der Waals surface area contributed by atoms with Crippen LogP contribution in [0.5, 0.6) is 0 Å². The molecule has 0 radical (unpaired) electrons. The second-order valence-corrected chi connectivity index (χ2v) is 6.67. The first-order chi connectivity index (χ1) is 14.0. The van der Waals surface area contributed by atoms with Crippen LogP contribution in [0.15, 0.2) is 48.5 Å². The highest BCUT2D eigenvalue weighted by Crippen LogP contribution is 2.44. The lowest BCUT2D eigenvalue weighted by atomic mass is 9.98. The monoisotopic (exact) mass is 398 g/mol. The highest BCUT2D eigenvalue weighted by atomic mass is 16.5. The lowest BCUT2D eigenvalue weighted by molar-refractivity contribution is -0.147. The topological polar surface area (TPSA) is 125 Å². The van der Waals surface area contributed by atoms with Crippen molar-refractivity contribution in [3.05, 3.63) is 59.7 Å². The molecule has 8 heteroatoms. The summed E-state index contributed by atoms with van der Waals surface area (Å²) >= 11 is 0. The van der Waals surface area contributed by atoms with Crippen molar-refractivity contribution in [3.8, 4) is 11.1 Å². The van der Waals surface area contributed by atoms with Crippen LogP contribution < -0.4 is 10.6 Å². The summed E-state index contributed by atoms with van der Waals surface area (Å²) in [5.41, 5.74) is 4.44. The normalized spacial score (nSPS) is 13.1. The summed E-state index contributed by atoms with van der Waals surface area (Å²) in [5, 5.41) is 22.5. The second kappa shape index (κ2) is 9.20. The number of aliphatic hydroxyl groups excluding tert-OH is 1. The van der Waals surface area contributed by atoms with Gasteiger partial charge in [0, 0.05) is 18.9 Å². The van der Waals surface area contributed by atoms with Gasteiger partial charge >= 0.3 is 12.1 Å². The molecule has 0 heterocycles. The van der Waals surface area contributed by atoms with Crippen LogP contribution in [0.3, 0.4) is 0 Å². The maximum atomic E-state index is 12.0. The molecule has 2 amide bonds. The summed E-state index contributed by atoms with van der Waals surface area (Å²) in [4.78, 5) is 34.1. The van der Waals surface area contributed by atoms with Crippen LogP contribution in [-0.4, -0.2) is 54.0 Å². The van der Waals surface area contributed by atoms with Crippen molar-refractivity contribution < 1.29 is 29.3 Å². The Morgan fingerprint density at radius 2 is 1.55 bits per heavy atom. The fourth-order valence-corrected chi connectivity index (χ4v) is 3.34. The van der Waals surface area contributed by atoms with Crippen LogP contribution in [0.1, 0.15) is 23.5 Å². The lowest BCUT2D eigenvalue weighted by Crippen LogP contribution is -2.39. The first-order valence-electron chi connectivity index (χ1n) is 9.23. The number of rotatable bonds is 8. The SMILES string of the molecule is O=C(CNC(=O)OCC1c2ccccc2-c2ccccc21)NCC[C@H](O)C(=O)O. The van der Waals surface area contributed by atoms with E-state index in [1.807, 2.05) is 48.5 Å². The minimum Gasteiger partial charge on any atom is -0.479 e. The van der Waals surface area contributed by atoms with Crippen LogP contribution in [0.2, 0.25) is 0 Å². The molecule has 0 fully saturated rings. The van der Waals surface area contributed by atoms with E-state index in [4.69, 9.17) is 14.9 Å². The number of fused-ring (bicyclic) bond motifs is 3. The van der Waals surface area contributed by atoms with E-state index in [1.165, 1.54) is 0 Å². The molecule has 2 aromatic carbocycles. The smallest absolute Gasteiger partial charge is 0.407 e. The van der Waals surface area contributed by atoms with Crippen molar-refractivity contribution in [3.63, 3.8) is 0 Å². The second-order valence-electron chi connectivity index (χ2n) is 6.67. The first kappa shape index (κ1) is 20.3. The maximum Gasteiger partial charge on any atom is 0.407 e. The Labute approximate surface area is 167 Å². The van der Waals surface area contributed by atoms with Crippen molar-refractivity contribution in [1.82, 2.24) is 10.6 Å². The third kappa shape index (κ3) is 4.91. The summed E-state index contributed by atoms with van der Waals surface area (Å²) in [6, 6.07) is 16.0. The Morgan fingerprint density at radius 1 is 0.966 bits per heavy atom. The Morgan fingerprint density at radius 3 is 2.14 bits per heavy atom. The standard InChI is InChI=1S/C21H22N2O6/c24-18(20(26)27)9-10-22-19(25)11-23-21(28)29-12-17-15-7-3-1-5-13(15)14-6-2-4-8-16(14)17/h1-8,17-18,24H,9-12H2,(H,22,25)(H,23,28)(H,26,27)/t18-/m0/s1. The van der Waals surface area contributed by atoms with Gasteiger partial charge in [-0.25, -0.2) is 9.59 Å². The number of carboxylic acid groups (broad SMARTS) is 1. The number of alkyl carbamates (subject to hydrolysis) is 1. The number of aliphatic hydroxyl groups is 1.